The van der Waals surface area contributed by atoms with E-state index >= 15 is 0 Å². The third kappa shape index (κ3) is 12.2. The fourth-order valence-electron chi connectivity index (χ4n) is 3.89. The lowest BCUT2D eigenvalue weighted by Crippen LogP contribution is -2.27. The molecule has 8 heteroatoms. The molecule has 1 saturated heterocycles. The van der Waals surface area contributed by atoms with E-state index in [1.54, 1.807) is 26.0 Å². The molecule has 0 bridgehead atoms. The molecule has 0 aliphatic carbocycles. The zero-order valence-corrected chi connectivity index (χ0v) is 22.9. The second-order valence-electron chi connectivity index (χ2n) is 9.85. The molecule has 0 spiro atoms. The van der Waals surface area contributed by atoms with Crippen molar-refractivity contribution in [3.63, 3.8) is 0 Å². The summed E-state index contributed by atoms with van der Waals surface area (Å²) in [6.07, 6.45) is 7.67. The molecule has 0 aromatic heterocycles. The predicted octanol–water partition coefficient (Wildman–Crippen LogP) is 6.62. The van der Waals surface area contributed by atoms with Crippen molar-refractivity contribution in [1.29, 1.82) is 0 Å². The van der Waals surface area contributed by atoms with E-state index in [1.165, 1.54) is 6.07 Å². The Labute approximate surface area is 226 Å². The zero-order valence-electron chi connectivity index (χ0n) is 22.9. The molecule has 7 nitrogen and oxygen atoms in total. The number of halogens is 1. The quantitative estimate of drug-likeness (QED) is 0.119. The van der Waals surface area contributed by atoms with Crippen molar-refractivity contribution in [2.45, 2.75) is 77.9 Å². The molecule has 0 amide bonds. The van der Waals surface area contributed by atoms with Gasteiger partial charge in [0.15, 0.2) is 6.29 Å². The van der Waals surface area contributed by atoms with E-state index in [4.69, 9.17) is 23.7 Å². The molecule has 1 aliphatic rings. The smallest absolute Gasteiger partial charge is 0.333 e. The minimum atomic E-state index is -0.706. The van der Waals surface area contributed by atoms with E-state index in [1.807, 2.05) is 0 Å². The van der Waals surface area contributed by atoms with Crippen molar-refractivity contribution in [3.8, 4) is 5.75 Å². The molecule has 0 unspecified atom stereocenters. The molecule has 212 valence electrons. The number of unbranched alkanes of at least 4 members (excludes halogenated alkanes) is 6. The molecule has 1 fully saturated rings. The molecule has 1 aliphatic heterocycles. The maximum atomic E-state index is 14.7. The molecule has 0 radical (unpaired) electrons. The van der Waals surface area contributed by atoms with Crippen molar-refractivity contribution >= 4 is 11.9 Å². The van der Waals surface area contributed by atoms with Gasteiger partial charge in [-0.25, -0.2) is 14.0 Å². The normalized spacial score (nSPS) is 17.0. The molecule has 0 atom stereocenters. The summed E-state index contributed by atoms with van der Waals surface area (Å²) in [6.45, 7) is 12.7. The van der Waals surface area contributed by atoms with Gasteiger partial charge in [-0.2, -0.15) is 0 Å². The molecule has 2 rings (SSSR count). The maximum Gasteiger partial charge on any atom is 0.333 e. The van der Waals surface area contributed by atoms with E-state index in [-0.39, 0.29) is 17.9 Å². The van der Waals surface area contributed by atoms with Gasteiger partial charge in [0, 0.05) is 28.7 Å². The Balaban J connectivity index is 1.55. The van der Waals surface area contributed by atoms with Gasteiger partial charge in [0.1, 0.15) is 11.6 Å². The number of esters is 2. The van der Waals surface area contributed by atoms with Crippen LogP contribution in [0.4, 0.5) is 4.39 Å². The van der Waals surface area contributed by atoms with Crippen molar-refractivity contribution in [3.05, 3.63) is 53.9 Å². The molecule has 0 N–H and O–H groups in total. The van der Waals surface area contributed by atoms with Gasteiger partial charge in [0.05, 0.1) is 33.0 Å². The number of benzene rings is 1. The topological polar surface area (TPSA) is 80.3 Å². The highest BCUT2D eigenvalue weighted by atomic mass is 19.1. The van der Waals surface area contributed by atoms with Crippen LogP contribution in [0.25, 0.3) is 0 Å². The highest BCUT2D eigenvalue weighted by Crippen LogP contribution is 2.30. The average molecular weight is 535 g/mol. The summed E-state index contributed by atoms with van der Waals surface area (Å²) >= 11 is 0. The van der Waals surface area contributed by atoms with Gasteiger partial charge in [-0.1, -0.05) is 32.4 Å². The Morgan fingerprint density at radius 2 is 1.37 bits per heavy atom. The predicted molar refractivity (Wildman–Crippen MR) is 143 cm³/mol. The van der Waals surface area contributed by atoms with Crippen molar-refractivity contribution in [2.75, 3.05) is 33.0 Å². The van der Waals surface area contributed by atoms with Gasteiger partial charge in [-0.05, 0) is 64.5 Å². The van der Waals surface area contributed by atoms with Crippen molar-refractivity contribution in [2.24, 2.45) is 5.92 Å². The fraction of sp³-hybridized carbons (Fsp3) is 0.600. The summed E-state index contributed by atoms with van der Waals surface area (Å²) in [5.41, 5.74) is 1.21. The van der Waals surface area contributed by atoms with Gasteiger partial charge in [-0.3, -0.25) is 0 Å². The average Bonchev–Trinajstić information content (AvgIpc) is 2.89. The highest BCUT2D eigenvalue weighted by molar-refractivity contribution is 5.87. The van der Waals surface area contributed by atoms with E-state index < -0.39 is 12.1 Å². The minimum Gasteiger partial charge on any atom is -0.493 e. The molecule has 0 saturated carbocycles. The summed E-state index contributed by atoms with van der Waals surface area (Å²) in [4.78, 5) is 22.6. The number of ether oxygens (including phenoxy) is 5. The van der Waals surface area contributed by atoms with Crippen LogP contribution in [-0.2, 0) is 28.5 Å². The van der Waals surface area contributed by atoms with Gasteiger partial charge in [-0.15, -0.1) is 0 Å². The van der Waals surface area contributed by atoms with Crippen LogP contribution in [0.2, 0.25) is 0 Å². The third-order valence-corrected chi connectivity index (χ3v) is 6.17. The second kappa shape index (κ2) is 17.7. The Kier molecular flexibility index (Phi) is 14.7. The summed E-state index contributed by atoms with van der Waals surface area (Å²) in [6, 6.07) is 4.77. The van der Waals surface area contributed by atoms with Crippen LogP contribution in [0, 0.1) is 11.7 Å². The van der Waals surface area contributed by atoms with Gasteiger partial charge < -0.3 is 23.7 Å². The summed E-state index contributed by atoms with van der Waals surface area (Å²) < 4.78 is 42.1. The number of hydrogen-bond donors (Lipinski definition) is 0. The summed E-state index contributed by atoms with van der Waals surface area (Å²) in [5, 5.41) is 0. The SMILES string of the molecule is C=C(C)C(=O)OCCCCCCOc1ccc(C2OCC(CCCCCCOC(=O)C(=C)C)CO2)c(F)c1. The Morgan fingerprint density at radius 3 is 1.89 bits per heavy atom. The van der Waals surface area contributed by atoms with E-state index in [0.717, 1.165) is 57.8 Å². The molecular formula is C30H43FO7. The molecule has 1 aromatic rings. The van der Waals surface area contributed by atoms with E-state index in [0.29, 0.717) is 55.5 Å². The molecule has 1 aromatic carbocycles. The van der Waals surface area contributed by atoms with Crippen LogP contribution in [0.1, 0.15) is 83.5 Å². The van der Waals surface area contributed by atoms with Crippen LogP contribution in [0.3, 0.4) is 0 Å². The van der Waals surface area contributed by atoms with Gasteiger partial charge >= 0.3 is 11.9 Å². The van der Waals surface area contributed by atoms with Gasteiger partial charge in [0.2, 0.25) is 0 Å². The molecular weight excluding hydrogens is 491 g/mol. The van der Waals surface area contributed by atoms with Gasteiger partial charge in [0.25, 0.3) is 0 Å². The number of rotatable bonds is 18. The summed E-state index contributed by atoms with van der Waals surface area (Å²) in [5.74, 6) is -0.330. The van der Waals surface area contributed by atoms with Crippen LogP contribution >= 0.6 is 0 Å². The van der Waals surface area contributed by atoms with Crippen LogP contribution in [0.15, 0.2) is 42.5 Å². The lowest BCUT2D eigenvalue weighted by atomic mass is 10.0. The second-order valence-corrected chi connectivity index (χ2v) is 9.85. The Hall–Kier alpha value is -2.71. The lowest BCUT2D eigenvalue weighted by molar-refractivity contribution is -0.207. The Morgan fingerprint density at radius 1 is 0.842 bits per heavy atom. The van der Waals surface area contributed by atoms with Crippen molar-refractivity contribution in [1.82, 2.24) is 0 Å². The first-order chi connectivity index (χ1) is 18.3. The van der Waals surface area contributed by atoms with Crippen LogP contribution in [0.5, 0.6) is 5.75 Å². The monoisotopic (exact) mass is 534 g/mol. The fourth-order valence-corrected chi connectivity index (χ4v) is 3.89. The maximum absolute atomic E-state index is 14.7. The molecule has 1 heterocycles. The first-order valence-corrected chi connectivity index (χ1v) is 13.6. The first-order valence-electron chi connectivity index (χ1n) is 13.6. The van der Waals surface area contributed by atoms with Crippen molar-refractivity contribution < 1.29 is 37.7 Å². The summed E-state index contributed by atoms with van der Waals surface area (Å²) in [7, 11) is 0. The highest BCUT2D eigenvalue weighted by Gasteiger charge is 2.25. The number of carbonyl (C=O) groups is 2. The third-order valence-electron chi connectivity index (χ3n) is 6.17. The zero-order chi connectivity index (χ0) is 27.8. The number of hydrogen-bond acceptors (Lipinski definition) is 7. The van der Waals surface area contributed by atoms with Crippen LogP contribution in [-0.4, -0.2) is 45.0 Å². The lowest BCUT2D eigenvalue weighted by Gasteiger charge is -2.30. The van der Waals surface area contributed by atoms with E-state index in [9.17, 15) is 14.0 Å². The van der Waals surface area contributed by atoms with Crippen LogP contribution < -0.4 is 4.74 Å². The minimum absolute atomic E-state index is 0.288. The standard InChI is InChI=1S/C30H43FO7/c1-22(2)28(32)35-17-11-6-5-9-13-24-20-37-30(38-21-24)26-15-14-25(19-27(26)31)34-16-10-7-8-12-18-36-29(33)23(3)4/h14-15,19,24,30H,1,3,5-13,16-18,20-21H2,2,4H3. The largest absolute Gasteiger partial charge is 0.493 e. The Bertz CT molecular complexity index is 906. The molecule has 38 heavy (non-hydrogen) atoms. The first kappa shape index (κ1) is 31.5. The van der Waals surface area contributed by atoms with E-state index in [2.05, 4.69) is 13.2 Å². The number of carbonyl (C=O) groups excluding carboxylic acids is 2.